The lowest BCUT2D eigenvalue weighted by Crippen LogP contribution is -2.37. The Morgan fingerprint density at radius 1 is 1.25 bits per heavy atom. The fourth-order valence-corrected chi connectivity index (χ4v) is 2.86. The third-order valence-corrected chi connectivity index (χ3v) is 4.22. The maximum atomic E-state index is 12.6. The Morgan fingerprint density at radius 2 is 2.07 bits per heavy atom. The number of morpholine rings is 1. The second-order valence-electron chi connectivity index (χ2n) is 6.31. The molecule has 0 spiro atoms. The molecule has 0 bridgehead atoms. The Hall–Kier alpha value is -3.06. The Morgan fingerprint density at radius 3 is 2.79 bits per heavy atom. The highest BCUT2D eigenvalue weighted by Gasteiger charge is 2.20. The molecule has 148 valence electrons. The molecule has 1 saturated heterocycles. The van der Waals surface area contributed by atoms with Crippen LogP contribution in [0.15, 0.2) is 47.1 Å². The van der Waals surface area contributed by atoms with Gasteiger partial charge in [0.05, 0.1) is 37.3 Å². The van der Waals surface area contributed by atoms with E-state index < -0.39 is 5.97 Å². The molecular formula is C21H24N2O5. The van der Waals surface area contributed by atoms with Crippen molar-refractivity contribution in [1.82, 2.24) is 0 Å². The second-order valence-corrected chi connectivity index (χ2v) is 6.31. The molecule has 1 N–H and O–H groups in total. The monoisotopic (exact) mass is 384 g/mol. The predicted octanol–water partition coefficient (Wildman–Crippen LogP) is 3.33. The van der Waals surface area contributed by atoms with E-state index in [0.717, 1.165) is 12.1 Å². The molecule has 1 fully saturated rings. The Balaban J connectivity index is 1.77. The molecular weight excluding hydrogens is 360 g/mol. The first-order valence-electron chi connectivity index (χ1n) is 9.34. The van der Waals surface area contributed by atoms with Crippen LogP contribution in [0, 0.1) is 0 Å². The zero-order chi connectivity index (χ0) is 19.8. The average molecular weight is 384 g/mol. The fourth-order valence-electron chi connectivity index (χ4n) is 2.86. The van der Waals surface area contributed by atoms with Crippen LogP contribution in [0.1, 0.15) is 29.5 Å². The van der Waals surface area contributed by atoms with Crippen molar-refractivity contribution in [2.45, 2.75) is 13.3 Å². The summed E-state index contributed by atoms with van der Waals surface area (Å²) in [6.07, 6.45) is 5.24. The lowest BCUT2D eigenvalue weighted by Gasteiger charge is -2.30. The second kappa shape index (κ2) is 9.75. The van der Waals surface area contributed by atoms with E-state index >= 15 is 0 Å². The van der Waals surface area contributed by atoms with Crippen molar-refractivity contribution in [3.63, 3.8) is 0 Å². The standard InChI is InChI=1S/C21H24N2O5/c1-2-11-28-21(25)18-15-16(5-7-19(18)23-9-13-26-14-10-23)22-20(24)8-6-17-4-3-12-27-17/h3-8,12,15H,2,9-11,13-14H2,1H3,(H,22,24)/b8-6+. The normalized spacial score (nSPS) is 14.2. The average Bonchev–Trinajstić information content (AvgIpc) is 3.25. The highest BCUT2D eigenvalue weighted by atomic mass is 16.5. The van der Waals surface area contributed by atoms with E-state index in [9.17, 15) is 9.59 Å². The van der Waals surface area contributed by atoms with Crippen molar-refractivity contribution in [3.05, 3.63) is 54.0 Å². The molecule has 1 aliphatic rings. The molecule has 28 heavy (non-hydrogen) atoms. The molecule has 3 rings (SSSR count). The fraction of sp³-hybridized carbons (Fsp3) is 0.333. The van der Waals surface area contributed by atoms with Crippen molar-refractivity contribution in [2.75, 3.05) is 43.1 Å². The maximum absolute atomic E-state index is 12.6. The quantitative estimate of drug-likeness (QED) is 0.583. The van der Waals surface area contributed by atoms with Gasteiger partial charge in [-0.2, -0.15) is 0 Å². The summed E-state index contributed by atoms with van der Waals surface area (Å²) in [4.78, 5) is 26.8. The summed E-state index contributed by atoms with van der Waals surface area (Å²) >= 11 is 0. The Labute approximate surface area is 163 Å². The lowest BCUT2D eigenvalue weighted by atomic mass is 10.1. The van der Waals surface area contributed by atoms with Gasteiger partial charge in [0.2, 0.25) is 5.91 Å². The number of hydrogen-bond donors (Lipinski definition) is 1. The number of furan rings is 1. The van der Waals surface area contributed by atoms with Gasteiger partial charge in [0.1, 0.15) is 5.76 Å². The molecule has 0 unspecified atom stereocenters. The number of ether oxygens (including phenoxy) is 2. The zero-order valence-corrected chi connectivity index (χ0v) is 15.8. The molecule has 7 heteroatoms. The minimum absolute atomic E-state index is 0.316. The van der Waals surface area contributed by atoms with Gasteiger partial charge in [-0.25, -0.2) is 4.79 Å². The zero-order valence-electron chi connectivity index (χ0n) is 15.8. The molecule has 1 amide bonds. The Kier molecular flexibility index (Phi) is 6.86. The predicted molar refractivity (Wildman–Crippen MR) is 106 cm³/mol. The van der Waals surface area contributed by atoms with Crippen LogP contribution >= 0.6 is 0 Å². The first-order valence-corrected chi connectivity index (χ1v) is 9.34. The number of esters is 1. The van der Waals surface area contributed by atoms with Gasteiger partial charge in [0.25, 0.3) is 0 Å². The van der Waals surface area contributed by atoms with E-state index in [2.05, 4.69) is 10.2 Å². The van der Waals surface area contributed by atoms with Crippen LogP contribution in [0.4, 0.5) is 11.4 Å². The van der Waals surface area contributed by atoms with E-state index in [1.54, 1.807) is 30.3 Å². The van der Waals surface area contributed by atoms with Gasteiger partial charge < -0.3 is 24.1 Å². The topological polar surface area (TPSA) is 81.0 Å². The third-order valence-electron chi connectivity index (χ3n) is 4.22. The molecule has 0 atom stereocenters. The molecule has 2 aromatic rings. The van der Waals surface area contributed by atoms with Gasteiger partial charge in [0, 0.05) is 24.9 Å². The number of nitrogens with one attached hydrogen (secondary N) is 1. The minimum Gasteiger partial charge on any atom is -0.465 e. The van der Waals surface area contributed by atoms with Crippen LogP contribution in [0.3, 0.4) is 0 Å². The van der Waals surface area contributed by atoms with Crippen LogP contribution in [0.25, 0.3) is 6.08 Å². The van der Waals surface area contributed by atoms with Crippen LogP contribution < -0.4 is 10.2 Å². The van der Waals surface area contributed by atoms with Crippen LogP contribution in [-0.2, 0) is 14.3 Å². The van der Waals surface area contributed by atoms with Crippen molar-refractivity contribution in [3.8, 4) is 0 Å². The van der Waals surface area contributed by atoms with Crippen LogP contribution in [0.5, 0.6) is 0 Å². The number of nitrogens with zero attached hydrogens (tertiary/aromatic N) is 1. The van der Waals surface area contributed by atoms with Gasteiger partial charge in [0.15, 0.2) is 0 Å². The van der Waals surface area contributed by atoms with Gasteiger partial charge >= 0.3 is 5.97 Å². The van der Waals surface area contributed by atoms with Crippen molar-refractivity contribution < 1.29 is 23.5 Å². The Bertz CT molecular complexity index is 823. The number of hydrogen-bond acceptors (Lipinski definition) is 6. The smallest absolute Gasteiger partial charge is 0.340 e. The maximum Gasteiger partial charge on any atom is 0.340 e. The van der Waals surface area contributed by atoms with Crippen molar-refractivity contribution in [2.24, 2.45) is 0 Å². The summed E-state index contributed by atoms with van der Waals surface area (Å²) in [5.74, 6) is -0.129. The number of benzene rings is 1. The van der Waals surface area contributed by atoms with E-state index in [0.29, 0.717) is 49.9 Å². The van der Waals surface area contributed by atoms with Crippen LogP contribution in [0.2, 0.25) is 0 Å². The highest BCUT2D eigenvalue weighted by Crippen LogP contribution is 2.26. The molecule has 0 saturated carbocycles. The van der Waals surface area contributed by atoms with Gasteiger partial charge in [-0.1, -0.05) is 6.92 Å². The molecule has 1 aromatic heterocycles. The van der Waals surface area contributed by atoms with Crippen LogP contribution in [-0.4, -0.2) is 44.8 Å². The number of anilines is 2. The largest absolute Gasteiger partial charge is 0.465 e. The summed E-state index contributed by atoms with van der Waals surface area (Å²) < 4.78 is 15.9. The molecule has 1 aliphatic heterocycles. The van der Waals surface area contributed by atoms with E-state index in [1.165, 1.54) is 12.3 Å². The summed E-state index contributed by atoms with van der Waals surface area (Å²) in [6.45, 7) is 4.92. The summed E-state index contributed by atoms with van der Waals surface area (Å²) in [5, 5.41) is 2.77. The first kappa shape index (κ1) is 19.7. The first-order chi connectivity index (χ1) is 13.7. The van der Waals surface area contributed by atoms with Crippen molar-refractivity contribution >= 4 is 29.3 Å². The molecule has 1 aromatic carbocycles. The summed E-state index contributed by atoms with van der Waals surface area (Å²) in [6, 6.07) is 8.76. The summed E-state index contributed by atoms with van der Waals surface area (Å²) in [7, 11) is 0. The molecule has 2 heterocycles. The number of carbonyl (C=O) groups is 2. The van der Waals surface area contributed by atoms with Crippen molar-refractivity contribution in [1.29, 1.82) is 0 Å². The highest BCUT2D eigenvalue weighted by molar-refractivity contribution is 6.03. The minimum atomic E-state index is -0.398. The third kappa shape index (κ3) is 5.23. The number of carbonyl (C=O) groups excluding carboxylic acids is 2. The molecule has 7 nitrogen and oxygen atoms in total. The van der Waals surface area contributed by atoms with Gasteiger partial charge in [-0.05, 0) is 42.8 Å². The number of rotatable bonds is 7. The summed E-state index contributed by atoms with van der Waals surface area (Å²) in [5.41, 5.74) is 1.74. The van der Waals surface area contributed by atoms with E-state index in [-0.39, 0.29) is 5.91 Å². The molecule has 0 aliphatic carbocycles. The van der Waals surface area contributed by atoms with E-state index in [1.807, 2.05) is 13.0 Å². The molecule has 0 radical (unpaired) electrons. The SMILES string of the molecule is CCCOC(=O)c1cc(NC(=O)/C=C/c2ccco2)ccc1N1CCOCC1. The number of amides is 1. The lowest BCUT2D eigenvalue weighted by molar-refractivity contribution is -0.111. The van der Waals surface area contributed by atoms with E-state index in [4.69, 9.17) is 13.9 Å². The van der Waals surface area contributed by atoms with Gasteiger partial charge in [-0.3, -0.25) is 4.79 Å². The van der Waals surface area contributed by atoms with Gasteiger partial charge in [-0.15, -0.1) is 0 Å².